The third-order valence-electron chi connectivity index (χ3n) is 3.20. The van der Waals surface area contributed by atoms with E-state index >= 15 is 0 Å². The summed E-state index contributed by atoms with van der Waals surface area (Å²) in [6.07, 6.45) is 0. The first kappa shape index (κ1) is 18.6. The summed E-state index contributed by atoms with van der Waals surface area (Å²) in [6, 6.07) is 10.8. The van der Waals surface area contributed by atoms with Crippen molar-refractivity contribution in [3.8, 4) is 5.75 Å². The van der Waals surface area contributed by atoms with Crippen LogP contribution in [0.1, 0.15) is 10.4 Å². The molecule has 0 heterocycles. The topological polar surface area (TPSA) is 99.7 Å². The fourth-order valence-electron chi connectivity index (χ4n) is 2.07. The van der Waals surface area contributed by atoms with Gasteiger partial charge in [0.25, 0.3) is 5.91 Å². The average Bonchev–Trinajstić information content (AvgIpc) is 2.59. The van der Waals surface area contributed by atoms with Crippen molar-refractivity contribution in [2.75, 3.05) is 30.9 Å². The molecule has 0 aliphatic heterocycles. The number of hydrogen-bond acceptors (Lipinski definition) is 4. The third kappa shape index (κ3) is 5.37. The summed E-state index contributed by atoms with van der Waals surface area (Å²) in [6.45, 7) is -0.0705. The van der Waals surface area contributed by atoms with Gasteiger partial charge >= 0.3 is 6.03 Å². The summed E-state index contributed by atoms with van der Waals surface area (Å²) in [5.41, 5.74) is 1.03. The van der Waals surface area contributed by atoms with Crippen molar-refractivity contribution in [3.05, 3.63) is 53.1 Å². The molecule has 0 aliphatic rings. The van der Waals surface area contributed by atoms with Crippen molar-refractivity contribution < 1.29 is 19.4 Å². The van der Waals surface area contributed by atoms with E-state index in [0.717, 1.165) is 0 Å². The predicted molar refractivity (Wildman–Crippen MR) is 96.5 cm³/mol. The van der Waals surface area contributed by atoms with Crippen LogP contribution in [0, 0.1) is 0 Å². The summed E-state index contributed by atoms with van der Waals surface area (Å²) >= 11 is 5.88. The number of amides is 3. The minimum Gasteiger partial charge on any atom is -0.497 e. The number of carbonyl (C=O) groups excluding carboxylic acids is 2. The van der Waals surface area contributed by atoms with Crippen molar-refractivity contribution in [2.45, 2.75) is 0 Å². The summed E-state index contributed by atoms with van der Waals surface area (Å²) in [5.74, 6) is 0.0616. The number of aliphatic hydroxyl groups is 1. The number of ether oxygens (including phenoxy) is 1. The maximum absolute atomic E-state index is 12.2. The molecule has 2 aromatic carbocycles. The van der Waals surface area contributed by atoms with Gasteiger partial charge in [-0.15, -0.1) is 0 Å². The van der Waals surface area contributed by atoms with E-state index in [-0.39, 0.29) is 24.4 Å². The second-order valence-corrected chi connectivity index (χ2v) is 5.42. The van der Waals surface area contributed by atoms with E-state index in [4.69, 9.17) is 21.4 Å². The zero-order valence-corrected chi connectivity index (χ0v) is 14.3. The third-order valence-corrected chi connectivity index (χ3v) is 3.43. The molecule has 3 amide bonds. The fraction of sp³-hybridized carbons (Fsp3) is 0.176. The van der Waals surface area contributed by atoms with Crippen LogP contribution in [0.4, 0.5) is 16.2 Å². The van der Waals surface area contributed by atoms with Crippen molar-refractivity contribution >= 4 is 34.9 Å². The van der Waals surface area contributed by atoms with Gasteiger partial charge in [0.05, 0.1) is 25.0 Å². The molecular weight excluding hydrogens is 346 g/mol. The Labute approximate surface area is 149 Å². The van der Waals surface area contributed by atoms with Gasteiger partial charge in [-0.3, -0.25) is 4.79 Å². The molecule has 0 saturated carbocycles. The predicted octanol–water partition coefficient (Wildman–Crippen LogP) is 2.71. The van der Waals surface area contributed by atoms with E-state index in [1.54, 1.807) is 30.3 Å². The van der Waals surface area contributed by atoms with E-state index in [9.17, 15) is 9.59 Å². The molecule has 25 heavy (non-hydrogen) atoms. The Morgan fingerprint density at radius 3 is 2.64 bits per heavy atom. The van der Waals surface area contributed by atoms with Gasteiger partial charge in [-0.05, 0) is 30.3 Å². The van der Waals surface area contributed by atoms with Gasteiger partial charge < -0.3 is 25.8 Å². The molecule has 0 fully saturated rings. The number of nitrogens with one attached hydrogen (secondary N) is 3. The van der Waals surface area contributed by atoms with Crippen molar-refractivity contribution in [2.24, 2.45) is 0 Å². The maximum atomic E-state index is 12.2. The van der Waals surface area contributed by atoms with E-state index in [0.29, 0.717) is 16.5 Å². The number of anilines is 2. The Morgan fingerprint density at radius 2 is 1.96 bits per heavy atom. The van der Waals surface area contributed by atoms with Crippen LogP contribution in [-0.2, 0) is 0 Å². The minimum absolute atomic E-state index is 0.110. The number of rotatable bonds is 6. The zero-order valence-electron chi connectivity index (χ0n) is 13.5. The van der Waals surface area contributed by atoms with Gasteiger partial charge in [-0.25, -0.2) is 4.79 Å². The largest absolute Gasteiger partial charge is 0.497 e. The van der Waals surface area contributed by atoms with Crippen LogP contribution >= 0.6 is 11.6 Å². The molecule has 7 nitrogen and oxygen atoms in total. The van der Waals surface area contributed by atoms with Crippen LogP contribution in [0.25, 0.3) is 0 Å². The maximum Gasteiger partial charge on any atom is 0.323 e. The minimum atomic E-state index is -0.535. The lowest BCUT2D eigenvalue weighted by Crippen LogP contribution is -2.28. The van der Waals surface area contributed by atoms with Gasteiger partial charge in [-0.2, -0.15) is 0 Å². The van der Waals surface area contributed by atoms with Crippen molar-refractivity contribution in [1.82, 2.24) is 5.32 Å². The molecule has 0 radical (unpaired) electrons. The lowest BCUT2D eigenvalue weighted by Gasteiger charge is -2.13. The summed E-state index contributed by atoms with van der Waals surface area (Å²) in [4.78, 5) is 24.4. The summed E-state index contributed by atoms with van der Waals surface area (Å²) in [7, 11) is 1.48. The molecule has 0 aliphatic carbocycles. The molecule has 132 valence electrons. The SMILES string of the molecule is COc1ccc(C(=O)NCCO)c(NC(=O)Nc2cccc(Cl)c2)c1. The Bertz CT molecular complexity index is 767. The van der Waals surface area contributed by atoms with Crippen LogP contribution in [0.15, 0.2) is 42.5 Å². The molecule has 0 saturated heterocycles. The highest BCUT2D eigenvalue weighted by Crippen LogP contribution is 2.23. The molecule has 0 unspecified atom stereocenters. The smallest absolute Gasteiger partial charge is 0.323 e. The highest BCUT2D eigenvalue weighted by Gasteiger charge is 2.14. The first-order chi connectivity index (χ1) is 12.0. The summed E-state index contributed by atoms with van der Waals surface area (Å²) < 4.78 is 5.13. The Kier molecular flexibility index (Phi) is 6.62. The van der Waals surface area contributed by atoms with Gasteiger partial charge in [0.2, 0.25) is 0 Å². The normalized spacial score (nSPS) is 10.0. The first-order valence-corrected chi connectivity index (χ1v) is 7.82. The van der Waals surface area contributed by atoms with E-state index in [1.165, 1.54) is 19.2 Å². The number of aliphatic hydroxyl groups excluding tert-OH is 1. The molecule has 0 aromatic heterocycles. The van der Waals surface area contributed by atoms with Crippen molar-refractivity contribution in [1.29, 1.82) is 0 Å². The highest BCUT2D eigenvalue weighted by molar-refractivity contribution is 6.30. The number of carbonyl (C=O) groups is 2. The number of methoxy groups -OCH3 is 1. The summed E-state index contributed by atoms with van der Waals surface area (Å²) in [5, 5.41) is 17.1. The fourth-order valence-corrected chi connectivity index (χ4v) is 2.26. The quantitative estimate of drug-likeness (QED) is 0.634. The van der Waals surface area contributed by atoms with Crippen LogP contribution in [0.3, 0.4) is 0 Å². The lowest BCUT2D eigenvalue weighted by atomic mass is 10.1. The van der Waals surface area contributed by atoms with Gasteiger partial charge in [-0.1, -0.05) is 17.7 Å². The molecule has 0 atom stereocenters. The molecule has 4 N–H and O–H groups in total. The van der Waals surface area contributed by atoms with Gasteiger partial charge in [0.1, 0.15) is 5.75 Å². The second kappa shape index (κ2) is 8.91. The lowest BCUT2D eigenvalue weighted by molar-refractivity contribution is 0.0945. The zero-order chi connectivity index (χ0) is 18.2. The van der Waals surface area contributed by atoms with E-state index < -0.39 is 11.9 Å². The first-order valence-electron chi connectivity index (χ1n) is 7.44. The Hall–Kier alpha value is -2.77. The number of benzene rings is 2. The average molecular weight is 364 g/mol. The molecule has 2 rings (SSSR count). The van der Waals surface area contributed by atoms with Crippen LogP contribution in [-0.4, -0.2) is 37.3 Å². The van der Waals surface area contributed by atoms with Crippen LogP contribution < -0.4 is 20.7 Å². The molecule has 8 heteroatoms. The monoisotopic (exact) mass is 363 g/mol. The Morgan fingerprint density at radius 1 is 1.16 bits per heavy atom. The van der Waals surface area contributed by atoms with E-state index in [2.05, 4.69) is 16.0 Å². The molecule has 0 bridgehead atoms. The standard InChI is InChI=1S/C17H18ClN3O4/c1-25-13-5-6-14(16(23)19-7-8-22)15(10-13)21-17(24)20-12-4-2-3-11(18)9-12/h2-6,9-10,22H,7-8H2,1H3,(H,19,23)(H2,20,21,24). The van der Waals surface area contributed by atoms with Gasteiger partial charge in [0, 0.05) is 23.3 Å². The van der Waals surface area contributed by atoms with Crippen molar-refractivity contribution in [3.63, 3.8) is 0 Å². The molecule has 0 spiro atoms. The van der Waals surface area contributed by atoms with Gasteiger partial charge in [0.15, 0.2) is 0 Å². The molecule has 2 aromatic rings. The number of halogens is 1. The van der Waals surface area contributed by atoms with Crippen LogP contribution in [0.2, 0.25) is 5.02 Å². The number of urea groups is 1. The number of hydrogen-bond donors (Lipinski definition) is 4. The molecular formula is C17H18ClN3O4. The second-order valence-electron chi connectivity index (χ2n) is 4.98. The highest BCUT2D eigenvalue weighted by atomic mass is 35.5. The Balaban J connectivity index is 2.18. The van der Waals surface area contributed by atoms with Crippen LogP contribution in [0.5, 0.6) is 5.75 Å². The van der Waals surface area contributed by atoms with E-state index in [1.807, 2.05) is 0 Å².